The van der Waals surface area contributed by atoms with E-state index in [9.17, 15) is 9.90 Å². The number of carbonyl (C=O) groups excluding carboxylic acids is 1. The quantitative estimate of drug-likeness (QED) is 0.690. The molecule has 3 aromatic rings. The van der Waals surface area contributed by atoms with Gasteiger partial charge in [-0.25, -0.2) is 4.98 Å². The fourth-order valence-corrected chi connectivity index (χ4v) is 3.52. The molecule has 2 heterocycles. The molecule has 0 fully saturated rings. The number of anilines is 1. The normalized spacial score (nSPS) is 12.5. The van der Waals surface area contributed by atoms with Crippen LogP contribution in [0.25, 0.3) is 10.2 Å². The van der Waals surface area contributed by atoms with Crippen LogP contribution in [0.3, 0.4) is 0 Å². The van der Waals surface area contributed by atoms with Crippen LogP contribution in [0, 0.1) is 6.92 Å². The standard InChI is InChI=1S/C16H15N3O2S/c1-8-7-10(13(20)9-5-3-2-4-6-9)11-12(17)14(15(18)21)22-16(11)19-8/h2-7,13,20H,17H2,1H3,(H2,18,21). The summed E-state index contributed by atoms with van der Waals surface area (Å²) in [5, 5.41) is 11.3. The second kappa shape index (κ2) is 5.40. The van der Waals surface area contributed by atoms with Gasteiger partial charge in [0.2, 0.25) is 0 Å². The van der Waals surface area contributed by atoms with E-state index >= 15 is 0 Å². The van der Waals surface area contributed by atoms with Gasteiger partial charge in [-0.05, 0) is 24.1 Å². The van der Waals surface area contributed by atoms with Gasteiger partial charge in [-0.15, -0.1) is 11.3 Å². The first-order valence-electron chi connectivity index (χ1n) is 6.71. The topological polar surface area (TPSA) is 102 Å². The molecule has 0 aliphatic heterocycles. The molecule has 3 rings (SSSR count). The largest absolute Gasteiger partial charge is 0.397 e. The van der Waals surface area contributed by atoms with Crippen molar-refractivity contribution in [1.82, 2.24) is 4.98 Å². The Bertz CT molecular complexity index is 859. The number of carbonyl (C=O) groups is 1. The van der Waals surface area contributed by atoms with Gasteiger partial charge in [0.25, 0.3) is 5.91 Å². The lowest BCUT2D eigenvalue weighted by atomic mass is 9.98. The number of aliphatic hydroxyl groups is 1. The predicted octanol–water partition coefficient (Wildman–Crippen LogP) is 2.37. The highest BCUT2D eigenvalue weighted by Gasteiger charge is 2.22. The van der Waals surface area contributed by atoms with Crippen molar-refractivity contribution in [2.75, 3.05) is 5.73 Å². The fourth-order valence-electron chi connectivity index (χ4n) is 2.49. The molecule has 5 nitrogen and oxygen atoms in total. The molecule has 1 atom stereocenters. The van der Waals surface area contributed by atoms with E-state index < -0.39 is 12.0 Å². The van der Waals surface area contributed by atoms with Crippen LogP contribution in [0.2, 0.25) is 0 Å². The zero-order valence-corrected chi connectivity index (χ0v) is 12.7. The second-order valence-corrected chi connectivity index (χ2v) is 6.05. The van der Waals surface area contributed by atoms with Crippen molar-refractivity contribution in [3.05, 3.63) is 58.1 Å². The van der Waals surface area contributed by atoms with Crippen molar-refractivity contribution in [1.29, 1.82) is 0 Å². The minimum Gasteiger partial charge on any atom is -0.397 e. The summed E-state index contributed by atoms with van der Waals surface area (Å²) < 4.78 is 0. The first-order valence-corrected chi connectivity index (χ1v) is 7.53. The monoisotopic (exact) mass is 313 g/mol. The van der Waals surface area contributed by atoms with Crippen molar-refractivity contribution in [3.63, 3.8) is 0 Å². The smallest absolute Gasteiger partial charge is 0.260 e. The van der Waals surface area contributed by atoms with Crippen LogP contribution in [0.15, 0.2) is 36.4 Å². The lowest BCUT2D eigenvalue weighted by molar-refractivity contribution is 0.100. The van der Waals surface area contributed by atoms with Gasteiger partial charge in [0.15, 0.2) is 0 Å². The number of pyridine rings is 1. The van der Waals surface area contributed by atoms with Crippen molar-refractivity contribution < 1.29 is 9.90 Å². The van der Waals surface area contributed by atoms with Gasteiger partial charge >= 0.3 is 0 Å². The minimum atomic E-state index is -0.844. The molecule has 0 bridgehead atoms. The number of thiophene rings is 1. The Morgan fingerprint density at radius 3 is 2.64 bits per heavy atom. The number of aliphatic hydroxyl groups excluding tert-OH is 1. The Morgan fingerprint density at radius 2 is 2.00 bits per heavy atom. The molecule has 2 aromatic heterocycles. The number of hydrogen-bond donors (Lipinski definition) is 3. The molecular weight excluding hydrogens is 298 g/mol. The van der Waals surface area contributed by atoms with Crippen LogP contribution in [0.4, 0.5) is 5.69 Å². The molecule has 0 saturated heterocycles. The number of hydrogen-bond acceptors (Lipinski definition) is 5. The Morgan fingerprint density at radius 1 is 1.32 bits per heavy atom. The lowest BCUT2D eigenvalue weighted by Crippen LogP contribution is -2.11. The molecule has 6 heteroatoms. The maximum atomic E-state index is 11.5. The SMILES string of the molecule is Cc1cc(C(O)c2ccccc2)c2c(N)c(C(N)=O)sc2n1. The number of nitrogen functional groups attached to an aromatic ring is 1. The molecule has 22 heavy (non-hydrogen) atoms. The van der Waals surface area contributed by atoms with Crippen molar-refractivity contribution in [2.24, 2.45) is 5.73 Å². The number of rotatable bonds is 3. The number of fused-ring (bicyclic) bond motifs is 1. The van der Waals surface area contributed by atoms with Crippen LogP contribution >= 0.6 is 11.3 Å². The molecule has 1 unspecified atom stereocenters. The summed E-state index contributed by atoms with van der Waals surface area (Å²) in [6.07, 6.45) is -0.844. The molecule has 0 aliphatic carbocycles. The van der Waals surface area contributed by atoms with E-state index in [1.54, 1.807) is 6.07 Å². The fraction of sp³-hybridized carbons (Fsp3) is 0.125. The van der Waals surface area contributed by atoms with E-state index in [-0.39, 0.29) is 10.6 Å². The highest BCUT2D eigenvalue weighted by atomic mass is 32.1. The first kappa shape index (κ1) is 14.5. The zero-order chi connectivity index (χ0) is 15.9. The third kappa shape index (κ3) is 2.32. The molecule has 1 amide bonds. The lowest BCUT2D eigenvalue weighted by Gasteiger charge is -2.14. The van der Waals surface area contributed by atoms with E-state index in [2.05, 4.69) is 4.98 Å². The van der Waals surface area contributed by atoms with Gasteiger partial charge in [0, 0.05) is 11.1 Å². The molecule has 1 aromatic carbocycles. The zero-order valence-electron chi connectivity index (χ0n) is 11.9. The third-order valence-corrected chi connectivity index (χ3v) is 4.61. The third-order valence-electron chi connectivity index (χ3n) is 3.49. The van der Waals surface area contributed by atoms with Crippen molar-refractivity contribution in [2.45, 2.75) is 13.0 Å². The summed E-state index contributed by atoms with van der Waals surface area (Å²) in [5.41, 5.74) is 13.8. The molecule has 112 valence electrons. The molecular formula is C16H15N3O2S. The van der Waals surface area contributed by atoms with Crippen LogP contribution in [0.5, 0.6) is 0 Å². The van der Waals surface area contributed by atoms with Crippen molar-refractivity contribution in [3.8, 4) is 0 Å². The summed E-state index contributed by atoms with van der Waals surface area (Å²) in [4.78, 5) is 16.8. The second-order valence-electron chi connectivity index (χ2n) is 5.06. The Hall–Kier alpha value is -2.44. The number of aromatic nitrogens is 1. The van der Waals surface area contributed by atoms with Crippen LogP contribution < -0.4 is 11.5 Å². The number of nitrogens with zero attached hydrogens (tertiary/aromatic N) is 1. The number of benzene rings is 1. The van der Waals surface area contributed by atoms with E-state index in [4.69, 9.17) is 11.5 Å². The summed E-state index contributed by atoms with van der Waals surface area (Å²) in [7, 11) is 0. The van der Waals surface area contributed by atoms with E-state index in [1.165, 1.54) is 0 Å². The van der Waals surface area contributed by atoms with E-state index in [0.29, 0.717) is 15.8 Å². The maximum Gasteiger partial charge on any atom is 0.260 e. The summed E-state index contributed by atoms with van der Waals surface area (Å²) >= 11 is 1.15. The van der Waals surface area contributed by atoms with Gasteiger partial charge in [-0.3, -0.25) is 4.79 Å². The average molecular weight is 313 g/mol. The van der Waals surface area contributed by atoms with E-state index in [1.807, 2.05) is 37.3 Å². The van der Waals surface area contributed by atoms with Crippen LogP contribution in [-0.4, -0.2) is 16.0 Å². The number of nitrogens with two attached hydrogens (primary N) is 2. The van der Waals surface area contributed by atoms with Gasteiger partial charge in [-0.2, -0.15) is 0 Å². The highest BCUT2D eigenvalue weighted by Crippen LogP contribution is 2.38. The van der Waals surface area contributed by atoms with Gasteiger partial charge in [0.1, 0.15) is 15.8 Å². The predicted molar refractivity (Wildman–Crippen MR) is 87.8 cm³/mol. The minimum absolute atomic E-state index is 0.273. The average Bonchev–Trinajstić information content (AvgIpc) is 2.83. The molecule has 0 spiro atoms. The highest BCUT2D eigenvalue weighted by molar-refractivity contribution is 7.21. The Labute approximate surface area is 131 Å². The van der Waals surface area contributed by atoms with E-state index in [0.717, 1.165) is 22.6 Å². The molecule has 0 saturated carbocycles. The number of primary amides is 1. The van der Waals surface area contributed by atoms with Crippen LogP contribution in [0.1, 0.15) is 32.6 Å². The summed E-state index contributed by atoms with van der Waals surface area (Å²) in [5.74, 6) is -0.585. The summed E-state index contributed by atoms with van der Waals surface area (Å²) in [6, 6.07) is 11.1. The first-order chi connectivity index (χ1) is 10.5. The maximum absolute atomic E-state index is 11.5. The van der Waals surface area contributed by atoms with Crippen LogP contribution in [-0.2, 0) is 0 Å². The van der Waals surface area contributed by atoms with Gasteiger partial charge in [0.05, 0.1) is 5.69 Å². The molecule has 0 radical (unpaired) electrons. The Balaban J connectivity index is 2.27. The van der Waals surface area contributed by atoms with Crippen molar-refractivity contribution >= 4 is 33.1 Å². The Kier molecular flexibility index (Phi) is 3.56. The van der Waals surface area contributed by atoms with Gasteiger partial charge < -0.3 is 16.6 Å². The molecule has 0 aliphatic rings. The molecule has 5 N–H and O–H groups in total. The number of aryl methyl sites for hydroxylation is 1. The van der Waals surface area contributed by atoms with Gasteiger partial charge in [-0.1, -0.05) is 30.3 Å². The number of amides is 1. The summed E-state index contributed by atoms with van der Waals surface area (Å²) in [6.45, 7) is 1.83.